The van der Waals surface area contributed by atoms with Gasteiger partial charge in [-0.1, -0.05) is 68.4 Å². The first kappa shape index (κ1) is 39.5. The number of rotatable bonds is 5. The van der Waals surface area contributed by atoms with Gasteiger partial charge in [0.05, 0.1) is 0 Å². The fraction of sp³-hybridized carbons (Fsp3) is 0.321. The summed E-state index contributed by atoms with van der Waals surface area (Å²) in [7, 11) is 0. The molecule has 0 N–H and O–H groups in total. The number of para-hydroxylation sites is 2. The molecule has 5 nitrogen and oxygen atoms in total. The Balaban J connectivity index is 1.19. The first-order valence-corrected chi connectivity index (χ1v) is 21.9. The average molecular weight is 958 g/mol. The fourth-order valence-electron chi connectivity index (χ4n) is 9.36. The molecule has 0 atom stereocenters. The van der Waals surface area contributed by atoms with Crippen molar-refractivity contribution in [2.24, 2.45) is 5.41 Å². The minimum absolute atomic E-state index is 0.0160. The van der Waals surface area contributed by atoms with Crippen LogP contribution >= 0.6 is 0 Å². The molecule has 0 saturated carbocycles. The van der Waals surface area contributed by atoms with Crippen LogP contribution < -0.4 is 4.74 Å². The molecule has 1 aliphatic rings. The number of benzene rings is 5. The van der Waals surface area contributed by atoms with Gasteiger partial charge < -0.3 is 0 Å². The third-order valence-corrected chi connectivity index (χ3v) is 15.0. The molecule has 0 fully saturated rings. The molecule has 0 spiro atoms. The van der Waals surface area contributed by atoms with Gasteiger partial charge in [0, 0.05) is 6.20 Å². The van der Waals surface area contributed by atoms with Crippen molar-refractivity contribution in [1.82, 2.24) is 18.7 Å². The van der Waals surface area contributed by atoms with E-state index in [1.807, 2.05) is 18.3 Å². The van der Waals surface area contributed by atoms with Gasteiger partial charge in [0.2, 0.25) is 0 Å². The number of hydrogen-bond acceptors (Lipinski definition) is 2. The van der Waals surface area contributed by atoms with E-state index in [-0.39, 0.29) is 27.1 Å². The summed E-state index contributed by atoms with van der Waals surface area (Å²) in [6.45, 7) is 28.0. The number of hydrogen-bond donors (Lipinski definition) is 0. The minimum atomic E-state index is -0.0933. The van der Waals surface area contributed by atoms with Crippen LogP contribution in [-0.2, 0) is 41.0 Å². The molecule has 3 heterocycles. The molecule has 6 heteroatoms. The molecule has 304 valence electrons. The van der Waals surface area contributed by atoms with Crippen molar-refractivity contribution >= 4 is 32.8 Å². The maximum atomic E-state index is 6.73. The summed E-state index contributed by atoms with van der Waals surface area (Å²) < 4.78 is 14.6. The zero-order chi connectivity index (χ0) is 42.0. The first-order valence-electron chi connectivity index (χ1n) is 20.7. The van der Waals surface area contributed by atoms with Crippen LogP contribution in [-0.4, -0.2) is 18.7 Å². The van der Waals surface area contributed by atoms with Gasteiger partial charge in [-0.25, -0.2) is 0 Å². The third kappa shape index (κ3) is 5.97. The molecule has 8 aromatic rings. The molecule has 5 aromatic carbocycles. The topological polar surface area (TPSA) is 36.9 Å². The van der Waals surface area contributed by atoms with Crippen molar-refractivity contribution in [3.05, 3.63) is 148 Å². The predicted molar refractivity (Wildman–Crippen MR) is 239 cm³/mol. The summed E-state index contributed by atoms with van der Waals surface area (Å²) in [4.78, 5) is 5.00. The van der Waals surface area contributed by atoms with Gasteiger partial charge in [-0.05, 0) is 38.9 Å². The van der Waals surface area contributed by atoms with Crippen molar-refractivity contribution in [3.63, 3.8) is 0 Å². The van der Waals surface area contributed by atoms with E-state index >= 15 is 0 Å². The van der Waals surface area contributed by atoms with Crippen LogP contribution in [0.1, 0.15) is 105 Å². The zero-order valence-corrected chi connectivity index (χ0v) is 38.7. The molecule has 59 heavy (non-hydrogen) atoms. The van der Waals surface area contributed by atoms with E-state index in [0.29, 0.717) is 11.5 Å². The van der Waals surface area contributed by atoms with Crippen LogP contribution in [0.2, 0.25) is 0 Å². The monoisotopic (exact) mass is 957 g/mol. The van der Waals surface area contributed by atoms with Crippen LogP contribution in [0.5, 0.6) is 11.5 Å². The van der Waals surface area contributed by atoms with Crippen molar-refractivity contribution in [2.45, 2.75) is 105 Å². The number of pyridine rings is 1. The number of ether oxygens (including phenoxy) is 1. The second kappa shape index (κ2) is 13.3. The van der Waals surface area contributed by atoms with Crippen molar-refractivity contribution in [2.75, 3.05) is 0 Å². The molecule has 0 radical (unpaired) electrons. The Morgan fingerprint density at radius 3 is 1.95 bits per heavy atom. The van der Waals surface area contributed by atoms with Gasteiger partial charge in [-0.15, -0.1) is 0 Å². The second-order valence-corrected chi connectivity index (χ2v) is 21.0. The Morgan fingerprint density at radius 1 is 0.610 bits per heavy atom. The van der Waals surface area contributed by atoms with Gasteiger partial charge in [0.25, 0.3) is 0 Å². The second-order valence-electron chi connectivity index (χ2n) is 20.0. The molecule has 0 amide bonds. The summed E-state index contributed by atoms with van der Waals surface area (Å²) in [6.07, 6.45) is 1.94. The van der Waals surface area contributed by atoms with Crippen LogP contribution in [0.4, 0.5) is 0 Å². The fourth-order valence-corrected chi connectivity index (χ4v) is 10.5. The van der Waals surface area contributed by atoms with E-state index in [0.717, 1.165) is 48.5 Å². The van der Waals surface area contributed by atoms with Crippen LogP contribution in [0, 0.1) is 21.4 Å². The van der Waals surface area contributed by atoms with E-state index in [4.69, 9.17) is 9.72 Å². The van der Waals surface area contributed by atoms with E-state index in [1.165, 1.54) is 27.6 Å². The summed E-state index contributed by atoms with van der Waals surface area (Å²) in [5, 5.41) is 2.43. The standard InChI is InChI=1S/C53H54N4O.Pt/c1-49(2,3)34-20-22-36(23-21-34)55-33-56(43-19-14-13-18-42(43)55)37-16-15-17-38(31-37)58-39-24-25-40-45(32-39)57(46-30-35(28-29-54-46)50(4,5)6)44-27-26-41-48(47(40)44)52(9,10)53(11,12)51(41,7)8;/h13-30H,1-12H3;/q-2;. The van der Waals surface area contributed by atoms with Crippen molar-refractivity contribution < 1.29 is 24.1 Å². The van der Waals surface area contributed by atoms with Crippen LogP contribution in [0.3, 0.4) is 0 Å². The molecule has 0 saturated heterocycles. The van der Waals surface area contributed by atoms with Gasteiger partial charge in [-0.2, -0.15) is 0 Å². The Hall–Kier alpha value is -4.99. The van der Waals surface area contributed by atoms with Crippen LogP contribution in [0.25, 0.3) is 50.0 Å². The maximum absolute atomic E-state index is 6.73. The van der Waals surface area contributed by atoms with Gasteiger partial charge in [0.1, 0.15) is 0 Å². The SMILES string of the molecule is CC(C)(C)c1ccc(-n2[c](=[Pt])n(-c3[c-]c(Oc4[c-]c5c(cc4)c4c6c(ccc4n5-c4cc(C(C)(C)C)ccn4)C(C)(C)C(C)(C)C6(C)C)ccc3)c3ccccc32)cc1. The van der Waals surface area contributed by atoms with Crippen molar-refractivity contribution in [1.29, 1.82) is 0 Å². The first-order chi connectivity index (χ1) is 27.7. The van der Waals surface area contributed by atoms with Gasteiger partial charge >= 0.3 is 249 Å². The summed E-state index contributed by atoms with van der Waals surface area (Å²) in [6, 6.07) is 44.3. The number of fused-ring (bicyclic) bond motifs is 6. The Kier molecular flexibility index (Phi) is 8.87. The van der Waals surface area contributed by atoms with Gasteiger partial charge in [-0.3, -0.25) is 0 Å². The Labute approximate surface area is 360 Å². The third-order valence-electron chi connectivity index (χ3n) is 14.0. The Bertz CT molecular complexity index is 3030. The van der Waals surface area contributed by atoms with Crippen molar-refractivity contribution in [3.8, 4) is 28.7 Å². The van der Waals surface area contributed by atoms with E-state index in [2.05, 4.69) is 219 Å². The van der Waals surface area contributed by atoms with Gasteiger partial charge in [0.15, 0.2) is 0 Å². The Morgan fingerprint density at radius 2 is 1.27 bits per heavy atom. The molecule has 0 bridgehead atoms. The summed E-state index contributed by atoms with van der Waals surface area (Å²) in [5.74, 6) is 2.12. The molecule has 1 aliphatic carbocycles. The molecule has 3 aromatic heterocycles. The van der Waals surface area contributed by atoms with E-state index in [1.54, 1.807) is 0 Å². The summed E-state index contributed by atoms with van der Waals surface area (Å²) in [5.41, 5.74) is 11.6. The quantitative estimate of drug-likeness (QED) is 0.161. The van der Waals surface area contributed by atoms with Crippen LogP contribution in [0.15, 0.2) is 109 Å². The molecular weight excluding hydrogens is 904 g/mol. The molecule has 9 rings (SSSR count). The zero-order valence-electron chi connectivity index (χ0n) is 36.4. The number of imidazole rings is 1. The summed E-state index contributed by atoms with van der Waals surface area (Å²) >= 11 is 2.44. The molecular formula is C53H54N4OPt-2. The van der Waals surface area contributed by atoms with E-state index in [9.17, 15) is 0 Å². The average Bonchev–Trinajstić information content (AvgIpc) is 3.70. The number of nitrogens with zero attached hydrogens (tertiary/aromatic N) is 4. The van der Waals surface area contributed by atoms with E-state index < -0.39 is 0 Å². The molecule has 0 aliphatic heterocycles. The number of aromatic nitrogens is 4. The normalized spacial score (nSPS) is 16.0. The predicted octanol–water partition coefficient (Wildman–Crippen LogP) is 13.6. The molecule has 0 unspecified atom stereocenters.